The van der Waals surface area contributed by atoms with Crippen LogP contribution in [0.2, 0.25) is 0 Å². The van der Waals surface area contributed by atoms with Gasteiger partial charge in [-0.15, -0.1) is 0 Å². The summed E-state index contributed by atoms with van der Waals surface area (Å²) >= 11 is 0. The first kappa shape index (κ1) is 12.4. The van der Waals surface area contributed by atoms with Gasteiger partial charge < -0.3 is 11.1 Å². The van der Waals surface area contributed by atoms with Crippen LogP contribution in [0.5, 0.6) is 0 Å². The molecular formula is C11H17N3O2. The second-order valence-electron chi connectivity index (χ2n) is 4.47. The monoisotopic (exact) mass is 223 g/mol. The second kappa shape index (κ2) is 4.49. The topological polar surface area (TPSA) is 81.2 Å². The second-order valence-corrected chi connectivity index (χ2v) is 4.47. The van der Waals surface area contributed by atoms with Gasteiger partial charge in [-0.25, -0.2) is 0 Å². The van der Waals surface area contributed by atoms with Gasteiger partial charge in [-0.1, -0.05) is 0 Å². The SMILES string of the molecule is Cc1cc([N+](=O)[O-])ccc1NC(C)(C)CN. The molecule has 0 aliphatic heterocycles. The van der Waals surface area contributed by atoms with Gasteiger partial charge in [0.15, 0.2) is 0 Å². The summed E-state index contributed by atoms with van der Waals surface area (Å²) in [6, 6.07) is 4.75. The number of anilines is 1. The molecule has 0 atom stereocenters. The maximum absolute atomic E-state index is 10.6. The molecule has 1 rings (SSSR count). The minimum absolute atomic E-state index is 0.105. The van der Waals surface area contributed by atoms with Crippen molar-refractivity contribution in [3.05, 3.63) is 33.9 Å². The summed E-state index contributed by atoms with van der Waals surface area (Å²) in [7, 11) is 0. The highest BCUT2D eigenvalue weighted by Crippen LogP contribution is 2.23. The molecule has 88 valence electrons. The number of hydrogen-bond donors (Lipinski definition) is 2. The number of benzene rings is 1. The van der Waals surface area contributed by atoms with E-state index in [4.69, 9.17) is 5.73 Å². The van der Waals surface area contributed by atoms with Crippen LogP contribution in [0, 0.1) is 17.0 Å². The Morgan fingerprint density at radius 2 is 2.12 bits per heavy atom. The summed E-state index contributed by atoms with van der Waals surface area (Å²) in [5, 5.41) is 13.8. The molecule has 0 fully saturated rings. The van der Waals surface area contributed by atoms with E-state index in [1.54, 1.807) is 12.1 Å². The molecule has 0 radical (unpaired) electrons. The van der Waals surface area contributed by atoms with Gasteiger partial charge in [0.1, 0.15) is 0 Å². The molecule has 0 saturated carbocycles. The van der Waals surface area contributed by atoms with Gasteiger partial charge in [0.2, 0.25) is 0 Å². The third-order valence-electron chi connectivity index (χ3n) is 2.40. The molecule has 0 aliphatic rings. The number of nitro benzene ring substituents is 1. The highest BCUT2D eigenvalue weighted by Gasteiger charge is 2.16. The van der Waals surface area contributed by atoms with Gasteiger partial charge in [0, 0.05) is 29.9 Å². The largest absolute Gasteiger partial charge is 0.379 e. The van der Waals surface area contributed by atoms with E-state index in [0.717, 1.165) is 11.3 Å². The molecule has 0 unspecified atom stereocenters. The summed E-state index contributed by atoms with van der Waals surface area (Å²) in [5.74, 6) is 0. The fourth-order valence-corrected chi connectivity index (χ4v) is 1.32. The summed E-state index contributed by atoms with van der Waals surface area (Å²) in [6.07, 6.45) is 0. The molecule has 1 aromatic rings. The van der Waals surface area contributed by atoms with Crippen molar-refractivity contribution in [1.29, 1.82) is 0 Å². The minimum atomic E-state index is -0.398. The van der Waals surface area contributed by atoms with Crippen molar-refractivity contribution in [2.45, 2.75) is 26.3 Å². The standard InChI is InChI=1S/C11H17N3O2/c1-8-6-9(14(15)16)4-5-10(8)13-11(2,3)7-12/h4-6,13H,7,12H2,1-3H3. The molecular weight excluding hydrogens is 206 g/mol. The predicted octanol–water partition coefficient (Wildman–Crippen LogP) is 2.05. The normalized spacial score (nSPS) is 11.2. The maximum Gasteiger partial charge on any atom is 0.269 e. The predicted molar refractivity (Wildman–Crippen MR) is 64.6 cm³/mol. The van der Waals surface area contributed by atoms with E-state index in [2.05, 4.69) is 5.32 Å². The van der Waals surface area contributed by atoms with E-state index >= 15 is 0 Å². The van der Waals surface area contributed by atoms with Crippen LogP contribution in [-0.2, 0) is 0 Å². The molecule has 16 heavy (non-hydrogen) atoms. The molecule has 0 amide bonds. The van der Waals surface area contributed by atoms with Crippen molar-refractivity contribution in [3.63, 3.8) is 0 Å². The fraction of sp³-hybridized carbons (Fsp3) is 0.455. The Hall–Kier alpha value is -1.62. The van der Waals surface area contributed by atoms with Gasteiger partial charge in [0.05, 0.1) is 4.92 Å². The number of aryl methyl sites for hydroxylation is 1. The zero-order valence-corrected chi connectivity index (χ0v) is 9.78. The summed E-state index contributed by atoms with van der Waals surface area (Å²) in [5.41, 5.74) is 7.21. The highest BCUT2D eigenvalue weighted by atomic mass is 16.6. The van der Waals surface area contributed by atoms with Gasteiger partial charge in [-0.05, 0) is 32.4 Å². The Morgan fingerprint density at radius 1 is 1.50 bits per heavy atom. The molecule has 0 aliphatic carbocycles. The fourth-order valence-electron chi connectivity index (χ4n) is 1.32. The molecule has 5 heteroatoms. The molecule has 0 heterocycles. The van der Waals surface area contributed by atoms with E-state index in [0.29, 0.717) is 6.54 Å². The lowest BCUT2D eigenvalue weighted by Gasteiger charge is -2.26. The highest BCUT2D eigenvalue weighted by molar-refractivity contribution is 5.56. The van der Waals surface area contributed by atoms with E-state index in [-0.39, 0.29) is 11.2 Å². The average molecular weight is 223 g/mol. The van der Waals surface area contributed by atoms with Gasteiger partial charge in [-0.2, -0.15) is 0 Å². The molecule has 0 aromatic heterocycles. The number of rotatable bonds is 4. The van der Waals surface area contributed by atoms with Crippen LogP contribution >= 0.6 is 0 Å². The van der Waals surface area contributed by atoms with Crippen LogP contribution in [0.1, 0.15) is 19.4 Å². The molecule has 0 saturated heterocycles. The van der Waals surface area contributed by atoms with Crippen LogP contribution in [0.15, 0.2) is 18.2 Å². The Bertz CT molecular complexity index is 402. The van der Waals surface area contributed by atoms with Crippen molar-refractivity contribution in [2.75, 3.05) is 11.9 Å². The lowest BCUT2D eigenvalue weighted by Crippen LogP contribution is -2.39. The quantitative estimate of drug-likeness (QED) is 0.604. The zero-order chi connectivity index (χ0) is 12.3. The Morgan fingerprint density at radius 3 is 2.56 bits per heavy atom. The number of nitrogens with two attached hydrogens (primary N) is 1. The Labute approximate surface area is 94.8 Å². The van der Waals surface area contributed by atoms with Crippen molar-refractivity contribution >= 4 is 11.4 Å². The molecule has 3 N–H and O–H groups in total. The summed E-state index contributed by atoms with van der Waals surface area (Å²) in [6.45, 7) is 6.28. The van der Waals surface area contributed by atoms with Crippen molar-refractivity contribution in [3.8, 4) is 0 Å². The molecule has 0 spiro atoms. The first-order valence-corrected chi connectivity index (χ1v) is 5.09. The van der Waals surface area contributed by atoms with E-state index in [1.165, 1.54) is 6.07 Å². The van der Waals surface area contributed by atoms with Gasteiger partial charge >= 0.3 is 0 Å². The van der Waals surface area contributed by atoms with E-state index < -0.39 is 4.92 Å². The van der Waals surface area contributed by atoms with Crippen molar-refractivity contribution in [2.24, 2.45) is 5.73 Å². The van der Waals surface area contributed by atoms with Crippen LogP contribution in [-0.4, -0.2) is 17.0 Å². The molecule has 0 bridgehead atoms. The van der Waals surface area contributed by atoms with Crippen LogP contribution in [0.3, 0.4) is 0 Å². The van der Waals surface area contributed by atoms with Gasteiger partial charge in [0.25, 0.3) is 5.69 Å². The van der Waals surface area contributed by atoms with E-state index in [1.807, 2.05) is 20.8 Å². The van der Waals surface area contributed by atoms with Crippen LogP contribution < -0.4 is 11.1 Å². The van der Waals surface area contributed by atoms with Crippen LogP contribution in [0.25, 0.3) is 0 Å². The molecule has 5 nitrogen and oxygen atoms in total. The summed E-state index contributed by atoms with van der Waals surface area (Å²) < 4.78 is 0. The zero-order valence-electron chi connectivity index (χ0n) is 9.78. The smallest absolute Gasteiger partial charge is 0.269 e. The lowest BCUT2D eigenvalue weighted by atomic mass is 10.0. The number of non-ortho nitro benzene ring substituents is 1. The van der Waals surface area contributed by atoms with Gasteiger partial charge in [-0.3, -0.25) is 10.1 Å². The first-order valence-electron chi connectivity index (χ1n) is 5.09. The number of nitrogens with one attached hydrogen (secondary N) is 1. The van der Waals surface area contributed by atoms with Crippen LogP contribution in [0.4, 0.5) is 11.4 Å². The lowest BCUT2D eigenvalue weighted by molar-refractivity contribution is -0.384. The third kappa shape index (κ3) is 2.93. The Balaban J connectivity index is 2.96. The minimum Gasteiger partial charge on any atom is -0.379 e. The maximum atomic E-state index is 10.6. The molecule has 1 aromatic carbocycles. The van der Waals surface area contributed by atoms with E-state index in [9.17, 15) is 10.1 Å². The summed E-state index contributed by atoms with van der Waals surface area (Å²) in [4.78, 5) is 10.2. The van der Waals surface area contributed by atoms with Crippen molar-refractivity contribution < 1.29 is 4.92 Å². The Kier molecular flexibility index (Phi) is 3.49. The van der Waals surface area contributed by atoms with Crippen molar-refractivity contribution in [1.82, 2.24) is 0 Å². The number of nitrogens with zero attached hydrogens (tertiary/aromatic N) is 1. The number of nitro groups is 1. The first-order chi connectivity index (χ1) is 7.35. The average Bonchev–Trinajstić information content (AvgIpc) is 2.20. The third-order valence-corrected chi connectivity index (χ3v) is 2.40. The number of hydrogen-bond acceptors (Lipinski definition) is 4.